The van der Waals surface area contributed by atoms with Crippen LogP contribution in [0.15, 0.2) is 67.0 Å². The molecule has 5 heteroatoms. The number of nitrogens with zero attached hydrogens (tertiary/aromatic N) is 3. The molecule has 5 rings (SSSR count). The summed E-state index contributed by atoms with van der Waals surface area (Å²) in [5, 5.41) is 12.3. The molecule has 2 aromatic carbocycles. The molecule has 4 atom stereocenters. The summed E-state index contributed by atoms with van der Waals surface area (Å²) in [6.07, 6.45) is 5.42. The van der Waals surface area contributed by atoms with Crippen LogP contribution in [0.4, 0.5) is 0 Å². The highest BCUT2D eigenvalue weighted by molar-refractivity contribution is 6.08. The molecule has 2 aliphatic heterocycles. The largest absolute Gasteiger partial charge is 0.295 e. The molecule has 32 heavy (non-hydrogen) atoms. The number of nitriles is 1. The number of hydrogen-bond donors (Lipinski definition) is 0. The van der Waals surface area contributed by atoms with Gasteiger partial charge in [-0.2, -0.15) is 5.26 Å². The highest BCUT2D eigenvalue weighted by atomic mass is 16.2. The lowest BCUT2D eigenvalue weighted by molar-refractivity contribution is -0.133. The van der Waals surface area contributed by atoms with Crippen LogP contribution in [0.25, 0.3) is 16.8 Å². The van der Waals surface area contributed by atoms with Crippen molar-refractivity contribution >= 4 is 28.5 Å². The van der Waals surface area contributed by atoms with Gasteiger partial charge in [0.05, 0.1) is 6.07 Å². The molecule has 0 N–H and O–H groups in total. The first-order chi connectivity index (χ1) is 15.5. The molecule has 0 aliphatic carbocycles. The number of ketones is 1. The van der Waals surface area contributed by atoms with E-state index in [-0.39, 0.29) is 24.0 Å². The number of carbonyl (C=O) groups excluding carboxylic acids is 2. The molecule has 4 unspecified atom stereocenters. The number of fused-ring (bicyclic) bond motifs is 4. The summed E-state index contributed by atoms with van der Waals surface area (Å²) in [6, 6.07) is 19.7. The Labute approximate surface area is 187 Å². The van der Waals surface area contributed by atoms with Gasteiger partial charge in [0.15, 0.2) is 11.3 Å². The maximum atomic E-state index is 14.0. The average molecular weight is 422 g/mol. The van der Waals surface area contributed by atoms with Crippen LogP contribution < -0.4 is 0 Å². The van der Waals surface area contributed by atoms with E-state index >= 15 is 0 Å². The second-order valence-corrected chi connectivity index (χ2v) is 8.79. The molecule has 3 heterocycles. The summed E-state index contributed by atoms with van der Waals surface area (Å²) >= 11 is 0. The van der Waals surface area contributed by atoms with Crippen LogP contribution in [-0.4, -0.2) is 21.6 Å². The maximum Gasteiger partial charge on any atom is 0.228 e. The van der Waals surface area contributed by atoms with Crippen LogP contribution in [0.5, 0.6) is 0 Å². The molecule has 0 saturated carbocycles. The van der Waals surface area contributed by atoms with Gasteiger partial charge in [-0.1, -0.05) is 62.4 Å². The van der Waals surface area contributed by atoms with Gasteiger partial charge in [-0.3, -0.25) is 19.5 Å². The fourth-order valence-electron chi connectivity index (χ4n) is 5.56. The molecule has 1 aromatic heterocycles. The van der Waals surface area contributed by atoms with E-state index in [2.05, 4.69) is 11.1 Å². The maximum absolute atomic E-state index is 14.0. The lowest BCUT2D eigenvalue weighted by Crippen LogP contribution is -2.52. The molecule has 1 fully saturated rings. The highest BCUT2D eigenvalue weighted by Gasteiger charge is 2.55. The minimum atomic E-state index is -1.25. The first kappa shape index (κ1) is 20.1. The minimum Gasteiger partial charge on any atom is -0.295 e. The van der Waals surface area contributed by atoms with Crippen molar-refractivity contribution in [1.82, 2.24) is 9.88 Å². The van der Waals surface area contributed by atoms with Crippen molar-refractivity contribution in [3.63, 3.8) is 0 Å². The molecular formula is C27H23N3O2. The van der Waals surface area contributed by atoms with Crippen LogP contribution in [-0.2, 0) is 10.3 Å². The summed E-state index contributed by atoms with van der Waals surface area (Å²) in [5.74, 6) is -1.46. The molecular weight excluding hydrogens is 398 g/mol. The van der Waals surface area contributed by atoms with Crippen molar-refractivity contribution in [1.29, 1.82) is 5.26 Å². The second-order valence-electron chi connectivity index (χ2n) is 8.79. The van der Waals surface area contributed by atoms with Gasteiger partial charge in [0.25, 0.3) is 0 Å². The molecule has 1 amide bonds. The van der Waals surface area contributed by atoms with E-state index in [1.54, 1.807) is 17.3 Å². The Morgan fingerprint density at radius 2 is 1.88 bits per heavy atom. The number of rotatable bonds is 2. The van der Waals surface area contributed by atoms with Gasteiger partial charge in [0, 0.05) is 36.0 Å². The lowest BCUT2D eigenvalue weighted by atomic mass is 9.66. The summed E-state index contributed by atoms with van der Waals surface area (Å²) in [5.41, 5.74) is 0.816. The number of aromatic nitrogens is 1. The topological polar surface area (TPSA) is 74.1 Å². The molecule has 3 aromatic rings. The Morgan fingerprint density at radius 3 is 2.69 bits per heavy atom. The van der Waals surface area contributed by atoms with Crippen molar-refractivity contribution < 1.29 is 9.59 Å². The van der Waals surface area contributed by atoms with Crippen molar-refractivity contribution in [3.05, 3.63) is 83.8 Å². The van der Waals surface area contributed by atoms with Crippen LogP contribution >= 0.6 is 0 Å². The summed E-state index contributed by atoms with van der Waals surface area (Å²) in [6.45, 7) is 3.86. The normalized spacial score (nSPS) is 26.7. The zero-order chi connectivity index (χ0) is 22.5. The van der Waals surface area contributed by atoms with Gasteiger partial charge >= 0.3 is 0 Å². The second kappa shape index (κ2) is 7.42. The first-order valence-electron chi connectivity index (χ1n) is 10.9. The molecule has 0 bridgehead atoms. The number of benzene rings is 2. The smallest absolute Gasteiger partial charge is 0.228 e. The average Bonchev–Trinajstić information content (AvgIpc) is 2.90. The van der Waals surface area contributed by atoms with Crippen molar-refractivity contribution in [2.45, 2.75) is 25.8 Å². The summed E-state index contributed by atoms with van der Waals surface area (Å²) < 4.78 is 0. The van der Waals surface area contributed by atoms with E-state index in [1.807, 2.05) is 74.5 Å². The number of carbonyl (C=O) groups is 2. The van der Waals surface area contributed by atoms with Crippen molar-refractivity contribution in [2.24, 2.45) is 17.8 Å². The Morgan fingerprint density at radius 1 is 1.12 bits per heavy atom. The van der Waals surface area contributed by atoms with Gasteiger partial charge in [-0.25, -0.2) is 0 Å². The number of Topliss-reactive ketones (excluding diaryl/α,β-unsaturated/α-hetero) is 1. The number of hydrogen-bond acceptors (Lipinski definition) is 4. The van der Waals surface area contributed by atoms with Crippen molar-refractivity contribution in [2.75, 3.05) is 0 Å². The summed E-state index contributed by atoms with van der Waals surface area (Å²) in [4.78, 5) is 33.3. The standard InChI is InChI=1S/C27H23N3O2/c1-17-15-23(31)30-14-12-20-8-4-6-10-22(20)27(30,16-28)18(2)24(17)26(32)25-21-9-5-3-7-19(21)11-13-29-25/h3-14,17-18,24H,15H2,1-2H3. The van der Waals surface area contributed by atoms with E-state index in [9.17, 15) is 14.9 Å². The predicted octanol–water partition coefficient (Wildman–Crippen LogP) is 4.94. The summed E-state index contributed by atoms with van der Waals surface area (Å²) in [7, 11) is 0. The van der Waals surface area contributed by atoms with Gasteiger partial charge in [0.2, 0.25) is 5.91 Å². The van der Waals surface area contributed by atoms with Gasteiger partial charge < -0.3 is 0 Å². The van der Waals surface area contributed by atoms with Gasteiger partial charge in [-0.15, -0.1) is 0 Å². The molecule has 158 valence electrons. The fourth-order valence-corrected chi connectivity index (χ4v) is 5.56. The van der Waals surface area contributed by atoms with Crippen LogP contribution in [0, 0.1) is 29.1 Å². The van der Waals surface area contributed by atoms with Gasteiger partial charge in [0.1, 0.15) is 5.69 Å². The van der Waals surface area contributed by atoms with E-state index in [4.69, 9.17) is 0 Å². The third kappa shape index (κ3) is 2.73. The van der Waals surface area contributed by atoms with Crippen LogP contribution in [0.2, 0.25) is 0 Å². The number of amides is 1. The quantitative estimate of drug-likeness (QED) is 0.549. The highest BCUT2D eigenvalue weighted by Crippen LogP contribution is 2.49. The molecule has 1 saturated heterocycles. The van der Waals surface area contributed by atoms with E-state index in [0.717, 1.165) is 21.9 Å². The van der Waals surface area contributed by atoms with E-state index < -0.39 is 17.4 Å². The van der Waals surface area contributed by atoms with Crippen LogP contribution in [0.3, 0.4) is 0 Å². The van der Waals surface area contributed by atoms with Gasteiger partial charge in [-0.05, 0) is 34.6 Å². The van der Waals surface area contributed by atoms with E-state index in [0.29, 0.717) is 5.69 Å². The molecule has 2 aliphatic rings. The predicted molar refractivity (Wildman–Crippen MR) is 122 cm³/mol. The Kier molecular flexibility index (Phi) is 4.67. The Hall–Kier alpha value is -3.78. The molecule has 0 radical (unpaired) electrons. The monoisotopic (exact) mass is 421 g/mol. The number of pyridine rings is 1. The Bertz CT molecular complexity index is 1320. The lowest BCUT2D eigenvalue weighted by Gasteiger charge is -2.44. The fraction of sp³-hybridized carbons (Fsp3) is 0.259. The minimum absolute atomic E-state index is 0.113. The van der Waals surface area contributed by atoms with Crippen molar-refractivity contribution in [3.8, 4) is 6.07 Å². The third-order valence-electron chi connectivity index (χ3n) is 7.11. The SMILES string of the molecule is CC1CC(=O)N2C=Cc3ccccc3C2(C#N)C(C)C1C(=O)c1nccc2ccccc12. The molecule has 5 nitrogen and oxygen atoms in total. The molecule has 0 spiro atoms. The third-order valence-corrected chi connectivity index (χ3v) is 7.11. The zero-order valence-electron chi connectivity index (χ0n) is 18.0. The zero-order valence-corrected chi connectivity index (χ0v) is 18.0. The first-order valence-corrected chi connectivity index (χ1v) is 10.9. The van der Waals surface area contributed by atoms with E-state index in [1.165, 1.54) is 0 Å². The Balaban J connectivity index is 1.71. The van der Waals surface area contributed by atoms with Crippen LogP contribution in [0.1, 0.15) is 41.9 Å².